The molecule has 0 radical (unpaired) electrons. The first-order valence-corrected chi connectivity index (χ1v) is 8.96. The average molecular weight is 331 g/mol. The molecule has 2 fully saturated rings. The Kier molecular flexibility index (Phi) is 7.99. The van der Waals surface area contributed by atoms with Gasteiger partial charge in [0.2, 0.25) is 0 Å². The van der Waals surface area contributed by atoms with Gasteiger partial charge in [-0.25, -0.2) is 0 Å². The lowest BCUT2D eigenvalue weighted by atomic mass is 9.90. The summed E-state index contributed by atoms with van der Waals surface area (Å²) in [5.41, 5.74) is 0.243. The summed E-state index contributed by atoms with van der Waals surface area (Å²) < 4.78 is 22.0. The lowest BCUT2D eigenvalue weighted by Crippen LogP contribution is -2.45. The molecule has 0 aromatic carbocycles. The van der Waals surface area contributed by atoms with Gasteiger partial charge in [-0.05, 0) is 60.8 Å². The second kappa shape index (κ2) is 8.80. The summed E-state index contributed by atoms with van der Waals surface area (Å²) in [5.74, 6) is 0. The summed E-state index contributed by atoms with van der Waals surface area (Å²) >= 11 is 0. The third-order valence-corrected chi connectivity index (χ3v) is 3.73. The molecule has 1 unspecified atom stereocenters. The summed E-state index contributed by atoms with van der Waals surface area (Å²) in [6, 6.07) is 0. The van der Waals surface area contributed by atoms with E-state index in [9.17, 15) is 0 Å². The molecule has 1 atom stereocenters. The Morgan fingerprint density at radius 2 is 1.57 bits per heavy atom. The van der Waals surface area contributed by atoms with Gasteiger partial charge >= 0.3 is 0 Å². The molecule has 0 aromatic rings. The van der Waals surface area contributed by atoms with E-state index in [1.54, 1.807) is 0 Å². The first-order chi connectivity index (χ1) is 10.5. The van der Waals surface area contributed by atoms with Crippen LogP contribution in [0.3, 0.4) is 0 Å². The summed E-state index contributed by atoms with van der Waals surface area (Å²) in [7, 11) is 0. The highest BCUT2D eigenvalue weighted by molar-refractivity contribution is 4.81. The first kappa shape index (κ1) is 20.9. The topological polar surface area (TPSA) is 36.9 Å². The first-order valence-electron chi connectivity index (χ1n) is 8.96. The fourth-order valence-electron chi connectivity index (χ4n) is 2.21. The van der Waals surface area contributed by atoms with Gasteiger partial charge in [-0.3, -0.25) is 0 Å². The second-order valence-electron chi connectivity index (χ2n) is 9.12. The van der Waals surface area contributed by atoms with Crippen molar-refractivity contribution in [2.75, 3.05) is 33.0 Å². The molecule has 2 aliphatic rings. The summed E-state index contributed by atoms with van der Waals surface area (Å²) in [6.45, 7) is 18.9. The third kappa shape index (κ3) is 10.3. The zero-order valence-electron chi connectivity index (χ0n) is 16.4. The maximum Gasteiger partial charge on any atom is 0.0808 e. The van der Waals surface area contributed by atoms with Crippen molar-refractivity contribution in [3.8, 4) is 0 Å². The molecule has 0 spiro atoms. The van der Waals surface area contributed by atoms with E-state index in [0.717, 1.165) is 39.5 Å². The highest BCUT2D eigenvalue weighted by Gasteiger charge is 2.34. The third-order valence-electron chi connectivity index (χ3n) is 3.73. The molecule has 23 heavy (non-hydrogen) atoms. The van der Waals surface area contributed by atoms with E-state index in [1.165, 1.54) is 12.8 Å². The molecule has 4 heteroatoms. The summed E-state index contributed by atoms with van der Waals surface area (Å²) in [4.78, 5) is 0. The summed E-state index contributed by atoms with van der Waals surface area (Å²) in [6.07, 6.45) is 4.01. The van der Waals surface area contributed by atoms with E-state index in [2.05, 4.69) is 48.5 Å². The molecular formula is C19H38O4. The minimum absolute atomic E-state index is 0.0153. The molecule has 0 saturated carbocycles. The van der Waals surface area contributed by atoms with Crippen LogP contribution in [-0.4, -0.2) is 50.3 Å². The molecule has 2 saturated heterocycles. The van der Waals surface area contributed by atoms with E-state index in [0.29, 0.717) is 6.10 Å². The largest absolute Gasteiger partial charge is 0.380 e. The lowest BCUT2D eigenvalue weighted by molar-refractivity contribution is -0.160. The molecule has 2 aliphatic heterocycles. The average Bonchev–Trinajstić information content (AvgIpc) is 2.41. The zero-order valence-corrected chi connectivity index (χ0v) is 16.4. The SMILES string of the molecule is CC(C)(C)OCC1CCCCO1.CC1(COC(C)(C)C)COC1. The number of rotatable bonds is 4. The van der Waals surface area contributed by atoms with Gasteiger partial charge in [0.25, 0.3) is 0 Å². The van der Waals surface area contributed by atoms with Crippen molar-refractivity contribution in [3.05, 3.63) is 0 Å². The maximum atomic E-state index is 5.66. The van der Waals surface area contributed by atoms with Crippen molar-refractivity contribution in [2.24, 2.45) is 5.41 Å². The molecule has 0 aliphatic carbocycles. The molecule has 0 bridgehead atoms. The Balaban J connectivity index is 0.000000231. The van der Waals surface area contributed by atoms with Gasteiger partial charge in [-0.2, -0.15) is 0 Å². The minimum atomic E-state index is -0.0270. The molecule has 0 amide bonds. The van der Waals surface area contributed by atoms with Crippen molar-refractivity contribution in [3.63, 3.8) is 0 Å². The van der Waals surface area contributed by atoms with Gasteiger partial charge in [0, 0.05) is 12.0 Å². The molecule has 0 aromatic heterocycles. The van der Waals surface area contributed by atoms with Crippen molar-refractivity contribution in [1.29, 1.82) is 0 Å². The van der Waals surface area contributed by atoms with Crippen LogP contribution in [0.25, 0.3) is 0 Å². The normalized spacial score (nSPS) is 24.4. The van der Waals surface area contributed by atoms with Crippen molar-refractivity contribution >= 4 is 0 Å². The quantitative estimate of drug-likeness (QED) is 0.774. The Morgan fingerprint density at radius 3 is 1.96 bits per heavy atom. The molecule has 2 heterocycles. The second-order valence-corrected chi connectivity index (χ2v) is 9.12. The van der Waals surface area contributed by atoms with Crippen molar-refractivity contribution < 1.29 is 18.9 Å². The van der Waals surface area contributed by atoms with Crippen LogP contribution >= 0.6 is 0 Å². The van der Waals surface area contributed by atoms with E-state index in [1.807, 2.05) is 0 Å². The van der Waals surface area contributed by atoms with Crippen LogP contribution < -0.4 is 0 Å². The van der Waals surface area contributed by atoms with Gasteiger partial charge < -0.3 is 18.9 Å². The predicted octanol–water partition coefficient (Wildman–Crippen LogP) is 4.21. The Hall–Kier alpha value is -0.160. The number of hydrogen-bond donors (Lipinski definition) is 0. The van der Waals surface area contributed by atoms with Crippen LogP contribution in [0.1, 0.15) is 67.7 Å². The van der Waals surface area contributed by atoms with Gasteiger partial charge in [0.15, 0.2) is 0 Å². The fraction of sp³-hybridized carbons (Fsp3) is 1.00. The lowest BCUT2D eigenvalue weighted by Gasteiger charge is -2.39. The van der Waals surface area contributed by atoms with Crippen molar-refractivity contribution in [2.45, 2.75) is 85.0 Å². The van der Waals surface area contributed by atoms with Gasteiger partial charge in [-0.15, -0.1) is 0 Å². The Morgan fingerprint density at radius 1 is 0.957 bits per heavy atom. The number of hydrogen-bond acceptors (Lipinski definition) is 4. The van der Waals surface area contributed by atoms with E-state index in [-0.39, 0.29) is 16.6 Å². The van der Waals surface area contributed by atoms with Crippen LogP contribution in [0.4, 0.5) is 0 Å². The fourth-order valence-corrected chi connectivity index (χ4v) is 2.21. The van der Waals surface area contributed by atoms with Gasteiger partial charge in [0.1, 0.15) is 0 Å². The van der Waals surface area contributed by atoms with Crippen LogP contribution in [0.2, 0.25) is 0 Å². The molecule has 2 rings (SSSR count). The Bertz CT molecular complexity index is 317. The molecular weight excluding hydrogens is 292 g/mol. The van der Waals surface area contributed by atoms with Crippen LogP contribution in [0, 0.1) is 5.41 Å². The highest BCUT2D eigenvalue weighted by atomic mass is 16.5. The standard InChI is InChI=1S/C10H20O2.C9H18O2/c1-10(2,3)12-8-9-6-4-5-7-11-9;1-8(2,3)11-7-9(4)5-10-6-9/h9H,4-8H2,1-3H3;5-7H2,1-4H3. The highest BCUT2D eigenvalue weighted by Crippen LogP contribution is 2.28. The molecule has 0 N–H and O–H groups in total. The van der Waals surface area contributed by atoms with Crippen LogP contribution in [0.5, 0.6) is 0 Å². The van der Waals surface area contributed by atoms with Crippen molar-refractivity contribution in [1.82, 2.24) is 0 Å². The minimum Gasteiger partial charge on any atom is -0.380 e. The van der Waals surface area contributed by atoms with Gasteiger partial charge in [0.05, 0.1) is 43.7 Å². The maximum absolute atomic E-state index is 5.66. The smallest absolute Gasteiger partial charge is 0.0808 e. The molecule has 138 valence electrons. The summed E-state index contributed by atoms with van der Waals surface area (Å²) in [5, 5.41) is 0. The predicted molar refractivity (Wildman–Crippen MR) is 93.9 cm³/mol. The number of ether oxygens (including phenoxy) is 4. The van der Waals surface area contributed by atoms with Gasteiger partial charge in [-0.1, -0.05) is 6.92 Å². The van der Waals surface area contributed by atoms with Crippen LogP contribution in [-0.2, 0) is 18.9 Å². The Labute approximate surface area is 143 Å². The van der Waals surface area contributed by atoms with E-state index in [4.69, 9.17) is 18.9 Å². The monoisotopic (exact) mass is 330 g/mol. The molecule has 4 nitrogen and oxygen atoms in total. The van der Waals surface area contributed by atoms with Crippen LogP contribution in [0.15, 0.2) is 0 Å². The zero-order chi connectivity index (χ0) is 17.6. The van der Waals surface area contributed by atoms with E-state index < -0.39 is 0 Å². The van der Waals surface area contributed by atoms with E-state index >= 15 is 0 Å².